The van der Waals surface area contributed by atoms with Crippen LogP contribution in [0.25, 0.3) is 0 Å². The summed E-state index contributed by atoms with van der Waals surface area (Å²) in [4.78, 5) is 4.12. The van der Waals surface area contributed by atoms with Crippen molar-refractivity contribution in [2.75, 3.05) is 0 Å². The first kappa shape index (κ1) is 7.80. The molecule has 0 aliphatic heterocycles. The van der Waals surface area contributed by atoms with E-state index in [1.807, 2.05) is 6.92 Å². The van der Waals surface area contributed by atoms with Gasteiger partial charge in [-0.2, -0.15) is 0 Å². The monoisotopic (exact) mass is 166 g/mol. The highest BCUT2D eigenvalue weighted by Gasteiger charge is 2.37. The van der Waals surface area contributed by atoms with Crippen LogP contribution in [-0.4, -0.2) is 10.5 Å². The molecule has 1 saturated carbocycles. The Kier molecular flexibility index (Phi) is 1.68. The van der Waals surface area contributed by atoms with E-state index in [1.165, 1.54) is 0 Å². The summed E-state index contributed by atoms with van der Waals surface area (Å²) < 4.78 is 5.34. The van der Waals surface area contributed by atoms with Gasteiger partial charge >= 0.3 is 0 Å². The molecule has 0 spiro atoms. The Labute approximate surface area is 72.0 Å². The molecule has 0 amide bonds. The Morgan fingerprint density at radius 1 is 1.67 bits per heavy atom. The molecule has 1 aliphatic rings. The topological polar surface area (TPSA) is 52.0 Å². The van der Waals surface area contributed by atoms with E-state index in [-0.39, 0.29) is 5.54 Å². The molecule has 1 heterocycles. The third-order valence-electron chi connectivity index (χ3n) is 2.40. The van der Waals surface area contributed by atoms with Crippen LogP contribution in [0.4, 0.5) is 0 Å². The molecule has 2 rings (SSSR count). The number of aryl methyl sites for hydroxylation is 2. The van der Waals surface area contributed by atoms with Gasteiger partial charge in [-0.3, -0.25) is 0 Å². The van der Waals surface area contributed by atoms with Crippen LogP contribution in [0, 0.1) is 6.92 Å². The normalized spacial score (nSPS) is 19.5. The lowest BCUT2D eigenvalue weighted by Gasteiger charge is -2.04. The number of hydrogen-bond acceptors (Lipinski definition) is 3. The van der Waals surface area contributed by atoms with Gasteiger partial charge in [0.15, 0.2) is 5.89 Å². The molecule has 0 saturated heterocycles. The van der Waals surface area contributed by atoms with E-state index in [2.05, 4.69) is 4.98 Å². The Morgan fingerprint density at radius 3 is 2.92 bits per heavy atom. The van der Waals surface area contributed by atoms with Crippen LogP contribution >= 0.6 is 0 Å². The van der Waals surface area contributed by atoms with Crippen molar-refractivity contribution in [2.24, 2.45) is 5.73 Å². The van der Waals surface area contributed by atoms with Gasteiger partial charge in [-0.25, -0.2) is 4.98 Å². The predicted molar refractivity (Wildman–Crippen MR) is 45.7 cm³/mol. The minimum atomic E-state index is 0.113. The van der Waals surface area contributed by atoms with Gasteiger partial charge in [-0.1, -0.05) is 0 Å². The summed E-state index contributed by atoms with van der Waals surface area (Å²) in [5.74, 6) is 1.70. The molecule has 0 unspecified atom stereocenters. The Hall–Kier alpha value is -0.830. The standard InChI is InChI=1S/C9H14N2O/c1-7-6-11-8(12-7)2-3-9(10)4-5-9/h6H,2-5,10H2,1H3. The van der Waals surface area contributed by atoms with Crippen molar-refractivity contribution in [1.82, 2.24) is 4.98 Å². The van der Waals surface area contributed by atoms with Crippen molar-refractivity contribution in [2.45, 2.75) is 38.1 Å². The average molecular weight is 166 g/mol. The largest absolute Gasteiger partial charge is 0.446 e. The lowest BCUT2D eigenvalue weighted by Crippen LogP contribution is -2.22. The van der Waals surface area contributed by atoms with E-state index in [4.69, 9.17) is 10.2 Å². The van der Waals surface area contributed by atoms with Crippen molar-refractivity contribution in [1.29, 1.82) is 0 Å². The molecule has 66 valence electrons. The first-order valence-corrected chi connectivity index (χ1v) is 4.38. The highest BCUT2D eigenvalue weighted by atomic mass is 16.3. The maximum atomic E-state index is 5.93. The predicted octanol–water partition coefficient (Wildman–Crippen LogP) is 1.41. The fraction of sp³-hybridized carbons (Fsp3) is 0.667. The minimum Gasteiger partial charge on any atom is -0.446 e. The zero-order chi connectivity index (χ0) is 8.60. The van der Waals surface area contributed by atoms with Crippen molar-refractivity contribution in [3.63, 3.8) is 0 Å². The smallest absolute Gasteiger partial charge is 0.194 e. The summed E-state index contributed by atoms with van der Waals surface area (Å²) in [5, 5.41) is 0. The second-order valence-corrected chi connectivity index (χ2v) is 3.73. The molecule has 1 fully saturated rings. The SMILES string of the molecule is Cc1cnc(CCC2(N)CC2)o1. The molecule has 0 bridgehead atoms. The molecular weight excluding hydrogens is 152 g/mol. The zero-order valence-electron chi connectivity index (χ0n) is 7.34. The number of nitrogens with zero attached hydrogens (tertiary/aromatic N) is 1. The van der Waals surface area contributed by atoms with Gasteiger partial charge in [0.1, 0.15) is 5.76 Å². The molecule has 0 radical (unpaired) electrons. The molecule has 2 N–H and O–H groups in total. The van der Waals surface area contributed by atoms with E-state index in [0.29, 0.717) is 0 Å². The van der Waals surface area contributed by atoms with Crippen LogP contribution < -0.4 is 5.73 Å². The average Bonchev–Trinajstić information content (AvgIpc) is 2.60. The van der Waals surface area contributed by atoms with E-state index < -0.39 is 0 Å². The highest BCUT2D eigenvalue weighted by Crippen LogP contribution is 2.36. The quantitative estimate of drug-likeness (QED) is 0.738. The van der Waals surface area contributed by atoms with E-state index in [9.17, 15) is 0 Å². The lowest BCUT2D eigenvalue weighted by molar-refractivity contribution is 0.449. The summed E-state index contributed by atoms with van der Waals surface area (Å²) >= 11 is 0. The number of aromatic nitrogens is 1. The molecule has 12 heavy (non-hydrogen) atoms. The summed E-state index contributed by atoms with van der Waals surface area (Å²) in [6.07, 6.45) is 5.96. The first-order chi connectivity index (χ1) is 5.68. The number of rotatable bonds is 3. The van der Waals surface area contributed by atoms with Crippen LogP contribution in [0.1, 0.15) is 30.9 Å². The van der Waals surface area contributed by atoms with Crippen molar-refractivity contribution in [3.05, 3.63) is 17.8 Å². The fourth-order valence-corrected chi connectivity index (χ4v) is 1.28. The molecule has 3 nitrogen and oxygen atoms in total. The van der Waals surface area contributed by atoms with Gasteiger partial charge in [0.25, 0.3) is 0 Å². The maximum absolute atomic E-state index is 5.93. The summed E-state index contributed by atoms with van der Waals surface area (Å²) in [5.41, 5.74) is 6.05. The highest BCUT2D eigenvalue weighted by molar-refractivity contribution is 5.01. The van der Waals surface area contributed by atoms with E-state index in [1.54, 1.807) is 6.20 Å². The Bertz CT molecular complexity index is 276. The third kappa shape index (κ3) is 1.67. The van der Waals surface area contributed by atoms with Crippen LogP contribution in [0.2, 0.25) is 0 Å². The van der Waals surface area contributed by atoms with Gasteiger partial charge in [-0.05, 0) is 26.2 Å². The molecule has 1 aliphatic carbocycles. The summed E-state index contributed by atoms with van der Waals surface area (Å²) in [6, 6.07) is 0. The molecular formula is C9H14N2O. The Morgan fingerprint density at radius 2 is 2.42 bits per heavy atom. The van der Waals surface area contributed by atoms with Crippen molar-refractivity contribution < 1.29 is 4.42 Å². The molecule has 0 atom stereocenters. The van der Waals surface area contributed by atoms with Crippen molar-refractivity contribution in [3.8, 4) is 0 Å². The number of oxazole rings is 1. The van der Waals surface area contributed by atoms with Crippen LogP contribution in [0.3, 0.4) is 0 Å². The summed E-state index contributed by atoms with van der Waals surface area (Å²) in [6.45, 7) is 1.91. The van der Waals surface area contributed by atoms with Crippen LogP contribution in [0.15, 0.2) is 10.6 Å². The second-order valence-electron chi connectivity index (χ2n) is 3.73. The second kappa shape index (κ2) is 2.59. The third-order valence-corrected chi connectivity index (χ3v) is 2.40. The summed E-state index contributed by atoms with van der Waals surface area (Å²) in [7, 11) is 0. The lowest BCUT2D eigenvalue weighted by atomic mass is 10.1. The molecule has 1 aromatic rings. The molecule has 3 heteroatoms. The number of nitrogens with two attached hydrogens (primary N) is 1. The van der Waals surface area contributed by atoms with Gasteiger partial charge in [0, 0.05) is 12.0 Å². The number of hydrogen-bond donors (Lipinski definition) is 1. The Balaban J connectivity index is 1.87. The van der Waals surface area contributed by atoms with Gasteiger partial charge < -0.3 is 10.2 Å². The van der Waals surface area contributed by atoms with E-state index >= 15 is 0 Å². The molecule has 1 aromatic heterocycles. The van der Waals surface area contributed by atoms with Gasteiger partial charge in [0.2, 0.25) is 0 Å². The first-order valence-electron chi connectivity index (χ1n) is 4.38. The van der Waals surface area contributed by atoms with Gasteiger partial charge in [0.05, 0.1) is 6.20 Å². The zero-order valence-corrected chi connectivity index (χ0v) is 7.34. The van der Waals surface area contributed by atoms with Crippen LogP contribution in [0.5, 0.6) is 0 Å². The fourth-order valence-electron chi connectivity index (χ4n) is 1.28. The van der Waals surface area contributed by atoms with E-state index in [0.717, 1.165) is 37.3 Å². The molecule has 0 aromatic carbocycles. The minimum absolute atomic E-state index is 0.113. The maximum Gasteiger partial charge on any atom is 0.194 e. The van der Waals surface area contributed by atoms with Crippen LogP contribution in [-0.2, 0) is 6.42 Å². The van der Waals surface area contributed by atoms with Crippen molar-refractivity contribution >= 4 is 0 Å². The van der Waals surface area contributed by atoms with Gasteiger partial charge in [-0.15, -0.1) is 0 Å².